The molecule has 0 atom stereocenters. The van der Waals surface area contributed by atoms with Crippen LogP contribution in [0.25, 0.3) is 11.3 Å². The molecule has 3 rings (SSSR count). The third-order valence-corrected chi connectivity index (χ3v) is 4.54. The predicted molar refractivity (Wildman–Crippen MR) is 94.0 cm³/mol. The van der Waals surface area contributed by atoms with Crippen LogP contribution < -0.4 is 10.5 Å². The van der Waals surface area contributed by atoms with E-state index >= 15 is 0 Å². The standard InChI is InChI=1S/C19H23N3O2/c1-13-17(12-20)16(19(23)22-9-3-4-10-22)11-18(21-13)14-5-7-15(24-2)8-6-14/h5-8,11H,3-4,9-10,12,20H2,1-2H3. The molecule has 2 N–H and O–H groups in total. The monoisotopic (exact) mass is 325 g/mol. The normalized spacial score (nSPS) is 14.0. The third-order valence-electron chi connectivity index (χ3n) is 4.54. The topological polar surface area (TPSA) is 68.5 Å². The van der Waals surface area contributed by atoms with Gasteiger partial charge in [0, 0.05) is 36.5 Å². The van der Waals surface area contributed by atoms with E-state index in [-0.39, 0.29) is 5.91 Å². The summed E-state index contributed by atoms with van der Waals surface area (Å²) in [6.45, 7) is 3.87. The lowest BCUT2D eigenvalue weighted by atomic mass is 10.0. The molecule has 1 saturated heterocycles. The molecule has 0 bridgehead atoms. The second-order valence-electron chi connectivity index (χ2n) is 6.05. The fourth-order valence-corrected chi connectivity index (χ4v) is 3.15. The number of nitrogens with two attached hydrogens (primary N) is 1. The first kappa shape index (κ1) is 16.5. The van der Waals surface area contributed by atoms with Gasteiger partial charge in [-0.05, 0) is 55.7 Å². The van der Waals surface area contributed by atoms with E-state index in [9.17, 15) is 4.79 Å². The number of methoxy groups -OCH3 is 1. The van der Waals surface area contributed by atoms with E-state index in [1.54, 1.807) is 7.11 Å². The highest BCUT2D eigenvalue weighted by Gasteiger charge is 2.23. The maximum atomic E-state index is 12.9. The first-order valence-electron chi connectivity index (χ1n) is 8.28. The van der Waals surface area contributed by atoms with Gasteiger partial charge in [-0.25, -0.2) is 0 Å². The zero-order valence-electron chi connectivity index (χ0n) is 14.2. The molecular weight excluding hydrogens is 302 g/mol. The van der Waals surface area contributed by atoms with Crippen molar-refractivity contribution in [3.63, 3.8) is 0 Å². The molecule has 0 unspecified atom stereocenters. The highest BCUT2D eigenvalue weighted by atomic mass is 16.5. The molecule has 24 heavy (non-hydrogen) atoms. The molecule has 2 heterocycles. The van der Waals surface area contributed by atoms with Crippen LogP contribution in [0.2, 0.25) is 0 Å². The van der Waals surface area contributed by atoms with Gasteiger partial charge in [0.15, 0.2) is 0 Å². The Kier molecular flexibility index (Phi) is 4.81. The maximum absolute atomic E-state index is 12.9. The van der Waals surface area contributed by atoms with Gasteiger partial charge in [0.25, 0.3) is 5.91 Å². The number of aryl methyl sites for hydroxylation is 1. The van der Waals surface area contributed by atoms with E-state index in [0.29, 0.717) is 12.1 Å². The number of carbonyl (C=O) groups excluding carboxylic acids is 1. The minimum Gasteiger partial charge on any atom is -0.497 e. The summed E-state index contributed by atoms with van der Waals surface area (Å²) in [6.07, 6.45) is 2.14. The fraction of sp³-hybridized carbons (Fsp3) is 0.368. The third kappa shape index (κ3) is 3.12. The van der Waals surface area contributed by atoms with E-state index in [1.165, 1.54) is 0 Å². The Balaban J connectivity index is 2.03. The lowest BCUT2D eigenvalue weighted by Crippen LogP contribution is -2.29. The molecular formula is C19H23N3O2. The molecule has 5 heteroatoms. The smallest absolute Gasteiger partial charge is 0.254 e. The number of pyridine rings is 1. The number of ether oxygens (including phenoxy) is 1. The van der Waals surface area contributed by atoms with Crippen LogP contribution in [0.3, 0.4) is 0 Å². The quantitative estimate of drug-likeness (QED) is 0.938. The van der Waals surface area contributed by atoms with Crippen molar-refractivity contribution in [3.05, 3.63) is 47.2 Å². The second kappa shape index (κ2) is 7.01. The van der Waals surface area contributed by atoms with Crippen molar-refractivity contribution in [3.8, 4) is 17.0 Å². The van der Waals surface area contributed by atoms with Gasteiger partial charge in [0.2, 0.25) is 0 Å². The first-order chi connectivity index (χ1) is 11.6. The zero-order chi connectivity index (χ0) is 17.1. The van der Waals surface area contributed by atoms with Gasteiger partial charge in [-0.15, -0.1) is 0 Å². The maximum Gasteiger partial charge on any atom is 0.254 e. The summed E-state index contributed by atoms with van der Waals surface area (Å²) in [4.78, 5) is 19.4. The summed E-state index contributed by atoms with van der Waals surface area (Å²) in [5, 5.41) is 0. The summed E-state index contributed by atoms with van der Waals surface area (Å²) in [7, 11) is 1.64. The summed E-state index contributed by atoms with van der Waals surface area (Å²) >= 11 is 0. The van der Waals surface area contributed by atoms with Crippen LogP contribution in [0, 0.1) is 6.92 Å². The summed E-state index contributed by atoms with van der Waals surface area (Å²) in [6, 6.07) is 9.56. The SMILES string of the molecule is COc1ccc(-c2cc(C(=O)N3CCCC3)c(CN)c(C)n2)cc1. The van der Waals surface area contributed by atoms with Crippen molar-refractivity contribution in [1.29, 1.82) is 0 Å². The fourth-order valence-electron chi connectivity index (χ4n) is 3.15. The summed E-state index contributed by atoms with van der Waals surface area (Å²) < 4.78 is 5.20. The van der Waals surface area contributed by atoms with Crippen molar-refractivity contribution in [2.75, 3.05) is 20.2 Å². The Morgan fingerprint density at radius 3 is 2.50 bits per heavy atom. The van der Waals surface area contributed by atoms with Gasteiger partial charge >= 0.3 is 0 Å². The molecule has 1 amide bonds. The number of aromatic nitrogens is 1. The van der Waals surface area contributed by atoms with E-state index in [4.69, 9.17) is 10.5 Å². The molecule has 0 aliphatic carbocycles. The molecule has 1 aliphatic rings. The number of nitrogens with zero attached hydrogens (tertiary/aromatic N) is 2. The number of rotatable bonds is 4. The van der Waals surface area contributed by atoms with Crippen LogP contribution in [0.15, 0.2) is 30.3 Å². The van der Waals surface area contributed by atoms with Gasteiger partial charge in [0.05, 0.1) is 12.8 Å². The van der Waals surface area contributed by atoms with Gasteiger partial charge in [0.1, 0.15) is 5.75 Å². The van der Waals surface area contributed by atoms with Gasteiger partial charge in [-0.3, -0.25) is 9.78 Å². The van der Waals surface area contributed by atoms with Crippen molar-refractivity contribution < 1.29 is 9.53 Å². The Morgan fingerprint density at radius 1 is 1.25 bits per heavy atom. The molecule has 1 aromatic carbocycles. The Hall–Kier alpha value is -2.40. The van der Waals surface area contributed by atoms with Crippen molar-refractivity contribution in [1.82, 2.24) is 9.88 Å². The van der Waals surface area contributed by atoms with E-state index in [0.717, 1.165) is 54.2 Å². The average molecular weight is 325 g/mol. The molecule has 1 aliphatic heterocycles. The van der Waals surface area contributed by atoms with Crippen LogP contribution >= 0.6 is 0 Å². The number of amides is 1. The zero-order valence-corrected chi connectivity index (χ0v) is 14.2. The van der Waals surface area contributed by atoms with E-state index in [1.807, 2.05) is 42.2 Å². The molecule has 1 fully saturated rings. The Labute approximate surface area is 142 Å². The number of likely N-dealkylation sites (tertiary alicyclic amines) is 1. The van der Waals surface area contributed by atoms with Crippen molar-refractivity contribution in [2.24, 2.45) is 5.73 Å². The molecule has 1 aromatic heterocycles. The minimum atomic E-state index is 0.0632. The highest BCUT2D eigenvalue weighted by Crippen LogP contribution is 2.26. The summed E-state index contributed by atoms with van der Waals surface area (Å²) in [5.74, 6) is 0.857. The summed E-state index contributed by atoms with van der Waals surface area (Å²) in [5.41, 5.74) is 9.96. The van der Waals surface area contributed by atoms with Crippen LogP contribution in [0.5, 0.6) is 5.75 Å². The van der Waals surface area contributed by atoms with Crippen molar-refractivity contribution >= 4 is 5.91 Å². The number of hydrogen-bond donors (Lipinski definition) is 1. The highest BCUT2D eigenvalue weighted by molar-refractivity contribution is 5.97. The molecule has 0 saturated carbocycles. The largest absolute Gasteiger partial charge is 0.497 e. The van der Waals surface area contributed by atoms with Gasteiger partial charge < -0.3 is 15.4 Å². The minimum absolute atomic E-state index is 0.0632. The van der Waals surface area contributed by atoms with Crippen LogP contribution in [-0.2, 0) is 6.54 Å². The molecule has 126 valence electrons. The van der Waals surface area contributed by atoms with E-state index in [2.05, 4.69) is 4.98 Å². The lowest BCUT2D eigenvalue weighted by Gasteiger charge is -2.19. The Bertz CT molecular complexity index is 735. The molecule has 0 spiro atoms. The second-order valence-corrected chi connectivity index (χ2v) is 6.05. The van der Waals surface area contributed by atoms with Crippen LogP contribution in [0.4, 0.5) is 0 Å². The number of hydrogen-bond acceptors (Lipinski definition) is 4. The average Bonchev–Trinajstić information content (AvgIpc) is 3.15. The van der Waals surface area contributed by atoms with Crippen molar-refractivity contribution in [2.45, 2.75) is 26.3 Å². The molecule has 2 aromatic rings. The van der Waals surface area contributed by atoms with Crippen LogP contribution in [0.1, 0.15) is 34.5 Å². The number of benzene rings is 1. The van der Waals surface area contributed by atoms with Gasteiger partial charge in [-0.1, -0.05) is 0 Å². The number of carbonyl (C=O) groups is 1. The lowest BCUT2D eigenvalue weighted by molar-refractivity contribution is 0.0791. The van der Waals surface area contributed by atoms with Crippen LogP contribution in [-0.4, -0.2) is 36.0 Å². The molecule has 5 nitrogen and oxygen atoms in total. The Morgan fingerprint density at radius 2 is 1.92 bits per heavy atom. The first-order valence-corrected chi connectivity index (χ1v) is 8.28. The predicted octanol–water partition coefficient (Wildman–Crippen LogP) is 2.76. The van der Waals surface area contributed by atoms with E-state index < -0.39 is 0 Å². The van der Waals surface area contributed by atoms with Gasteiger partial charge in [-0.2, -0.15) is 0 Å². The molecule has 0 radical (unpaired) electrons.